The predicted molar refractivity (Wildman–Crippen MR) is 65.7 cm³/mol. The van der Waals surface area contributed by atoms with Gasteiger partial charge in [-0.3, -0.25) is 9.20 Å². The van der Waals surface area contributed by atoms with Gasteiger partial charge in [0.15, 0.2) is 4.96 Å². The van der Waals surface area contributed by atoms with Crippen LogP contribution < -0.4 is 0 Å². The number of carbonyl (C=O) groups is 1. The molecule has 1 aliphatic carbocycles. The number of carboxylic acid groups (broad SMARTS) is 1. The number of aliphatic carboxylic acids is 1. The maximum absolute atomic E-state index is 10.5. The van der Waals surface area contributed by atoms with Gasteiger partial charge in [0.05, 0.1) is 5.69 Å². The molecule has 2 heterocycles. The number of rotatable bonds is 4. The first-order valence-corrected chi connectivity index (χ1v) is 6.82. The van der Waals surface area contributed by atoms with Crippen molar-refractivity contribution in [1.82, 2.24) is 9.38 Å². The molecule has 5 heteroatoms. The van der Waals surface area contributed by atoms with E-state index in [0.29, 0.717) is 6.42 Å². The Morgan fingerprint density at radius 2 is 2.41 bits per heavy atom. The van der Waals surface area contributed by atoms with Crippen molar-refractivity contribution in [3.05, 3.63) is 22.5 Å². The Balaban J connectivity index is 1.86. The zero-order valence-electron chi connectivity index (χ0n) is 9.48. The Morgan fingerprint density at radius 3 is 3.24 bits per heavy atom. The van der Waals surface area contributed by atoms with Crippen LogP contribution in [0.2, 0.25) is 0 Å². The number of carboxylic acids is 1. The summed E-state index contributed by atoms with van der Waals surface area (Å²) in [5.41, 5.74) is 3.82. The van der Waals surface area contributed by atoms with Crippen LogP contribution in [0.4, 0.5) is 0 Å². The van der Waals surface area contributed by atoms with Crippen LogP contribution in [0, 0.1) is 0 Å². The summed E-state index contributed by atoms with van der Waals surface area (Å²) in [4.78, 5) is 16.2. The first-order valence-electron chi connectivity index (χ1n) is 5.94. The molecule has 2 aromatic heterocycles. The van der Waals surface area contributed by atoms with Crippen molar-refractivity contribution in [1.29, 1.82) is 0 Å². The maximum Gasteiger partial charge on any atom is 0.303 e. The minimum absolute atomic E-state index is 0.244. The van der Waals surface area contributed by atoms with E-state index in [1.807, 2.05) is 0 Å². The normalized spacial score (nSPS) is 14.4. The lowest BCUT2D eigenvalue weighted by molar-refractivity contribution is -0.137. The lowest BCUT2D eigenvalue weighted by Crippen LogP contribution is -1.99. The standard InChI is InChI=1S/C12H14N2O2S/c15-11(16)6-1-3-8-7-17-12-13-9-4-2-5-10(9)14(8)12/h7H,1-6H2,(H,15,16). The highest BCUT2D eigenvalue weighted by molar-refractivity contribution is 7.15. The summed E-state index contributed by atoms with van der Waals surface area (Å²) >= 11 is 1.66. The summed E-state index contributed by atoms with van der Waals surface area (Å²) in [6, 6.07) is 0. The monoisotopic (exact) mass is 250 g/mol. The molecule has 0 bridgehead atoms. The molecule has 0 spiro atoms. The molecule has 4 nitrogen and oxygen atoms in total. The second-order valence-electron chi connectivity index (χ2n) is 4.45. The van der Waals surface area contributed by atoms with Gasteiger partial charge in [-0.15, -0.1) is 11.3 Å². The molecule has 0 saturated carbocycles. The highest BCUT2D eigenvalue weighted by Gasteiger charge is 2.20. The van der Waals surface area contributed by atoms with Crippen LogP contribution in [-0.2, 0) is 24.1 Å². The van der Waals surface area contributed by atoms with Gasteiger partial charge >= 0.3 is 5.97 Å². The average molecular weight is 250 g/mol. The quantitative estimate of drug-likeness (QED) is 0.905. The van der Waals surface area contributed by atoms with E-state index in [-0.39, 0.29) is 6.42 Å². The van der Waals surface area contributed by atoms with Gasteiger partial charge in [-0.1, -0.05) is 0 Å². The second kappa shape index (κ2) is 4.14. The minimum Gasteiger partial charge on any atom is -0.481 e. The van der Waals surface area contributed by atoms with E-state index in [0.717, 1.165) is 24.2 Å². The molecule has 0 saturated heterocycles. The molecule has 0 fully saturated rings. The van der Waals surface area contributed by atoms with E-state index in [1.54, 1.807) is 11.3 Å². The lowest BCUT2D eigenvalue weighted by Gasteiger charge is -2.00. The first-order chi connectivity index (χ1) is 8.25. The van der Waals surface area contributed by atoms with E-state index < -0.39 is 5.97 Å². The Kier molecular flexibility index (Phi) is 2.63. The SMILES string of the molecule is O=C(O)CCCc1csc2nc3c(n12)CCC3. The summed E-state index contributed by atoms with van der Waals surface area (Å²) in [5, 5.41) is 10.8. The van der Waals surface area contributed by atoms with Crippen molar-refractivity contribution in [2.45, 2.75) is 38.5 Å². The van der Waals surface area contributed by atoms with E-state index in [4.69, 9.17) is 5.11 Å². The van der Waals surface area contributed by atoms with Gasteiger partial charge in [0.2, 0.25) is 0 Å². The largest absolute Gasteiger partial charge is 0.481 e. The smallest absolute Gasteiger partial charge is 0.303 e. The first kappa shape index (κ1) is 10.8. The summed E-state index contributed by atoms with van der Waals surface area (Å²) < 4.78 is 2.24. The van der Waals surface area contributed by atoms with Gasteiger partial charge < -0.3 is 5.11 Å². The number of nitrogens with zero attached hydrogens (tertiary/aromatic N) is 2. The fraction of sp³-hybridized carbons (Fsp3) is 0.500. The molecular formula is C12H14N2O2S. The van der Waals surface area contributed by atoms with Gasteiger partial charge in [0.1, 0.15) is 0 Å². The number of aryl methyl sites for hydroxylation is 3. The number of fused-ring (bicyclic) bond motifs is 3. The second-order valence-corrected chi connectivity index (χ2v) is 5.29. The van der Waals surface area contributed by atoms with Crippen molar-refractivity contribution in [2.24, 2.45) is 0 Å². The van der Waals surface area contributed by atoms with Crippen molar-refractivity contribution in [3.63, 3.8) is 0 Å². The predicted octanol–water partition coefficient (Wildman–Crippen LogP) is 2.29. The summed E-state index contributed by atoms with van der Waals surface area (Å²) in [5.74, 6) is -0.715. The van der Waals surface area contributed by atoms with Crippen LogP contribution in [0.15, 0.2) is 5.38 Å². The highest BCUT2D eigenvalue weighted by atomic mass is 32.1. The Labute approximate surface area is 103 Å². The third kappa shape index (κ3) is 1.84. The zero-order valence-corrected chi connectivity index (χ0v) is 10.3. The van der Waals surface area contributed by atoms with Gasteiger partial charge in [-0.25, -0.2) is 4.98 Å². The fourth-order valence-electron chi connectivity index (χ4n) is 2.49. The van der Waals surface area contributed by atoms with Crippen LogP contribution in [0.25, 0.3) is 4.96 Å². The van der Waals surface area contributed by atoms with Gasteiger partial charge in [0, 0.05) is 23.2 Å². The minimum atomic E-state index is -0.715. The number of thiazole rings is 1. The van der Waals surface area contributed by atoms with Crippen molar-refractivity contribution in [2.75, 3.05) is 0 Å². The van der Waals surface area contributed by atoms with E-state index >= 15 is 0 Å². The topological polar surface area (TPSA) is 54.6 Å². The molecule has 0 amide bonds. The number of hydrogen-bond acceptors (Lipinski definition) is 3. The third-order valence-corrected chi connectivity index (χ3v) is 4.14. The third-order valence-electron chi connectivity index (χ3n) is 3.26. The average Bonchev–Trinajstić information content (AvgIpc) is 2.89. The molecule has 3 rings (SSSR count). The Morgan fingerprint density at radius 1 is 1.53 bits per heavy atom. The van der Waals surface area contributed by atoms with E-state index in [1.165, 1.54) is 23.5 Å². The maximum atomic E-state index is 10.5. The van der Waals surface area contributed by atoms with Crippen LogP contribution in [0.1, 0.15) is 36.3 Å². The Hall–Kier alpha value is -1.36. The molecular weight excluding hydrogens is 236 g/mol. The molecule has 90 valence electrons. The van der Waals surface area contributed by atoms with Crippen molar-refractivity contribution < 1.29 is 9.90 Å². The molecule has 17 heavy (non-hydrogen) atoms. The Bertz CT molecular complexity index is 570. The highest BCUT2D eigenvalue weighted by Crippen LogP contribution is 2.28. The summed E-state index contributed by atoms with van der Waals surface area (Å²) in [6.45, 7) is 0. The number of aromatic nitrogens is 2. The molecule has 1 aliphatic rings. The van der Waals surface area contributed by atoms with E-state index in [9.17, 15) is 4.79 Å². The zero-order chi connectivity index (χ0) is 11.8. The molecule has 0 atom stereocenters. The fourth-order valence-corrected chi connectivity index (χ4v) is 3.45. The van der Waals surface area contributed by atoms with Crippen molar-refractivity contribution in [3.8, 4) is 0 Å². The number of imidazole rings is 1. The van der Waals surface area contributed by atoms with Crippen LogP contribution in [-0.4, -0.2) is 20.5 Å². The molecule has 2 aromatic rings. The van der Waals surface area contributed by atoms with Crippen LogP contribution in [0.5, 0.6) is 0 Å². The number of hydrogen-bond donors (Lipinski definition) is 1. The summed E-state index contributed by atoms with van der Waals surface area (Å²) in [7, 11) is 0. The van der Waals surface area contributed by atoms with E-state index in [2.05, 4.69) is 14.8 Å². The summed E-state index contributed by atoms with van der Waals surface area (Å²) in [6.07, 6.45) is 5.18. The molecule has 0 aromatic carbocycles. The lowest BCUT2D eigenvalue weighted by atomic mass is 10.2. The molecule has 0 unspecified atom stereocenters. The molecule has 1 N–H and O–H groups in total. The van der Waals surface area contributed by atoms with Gasteiger partial charge in [0.25, 0.3) is 0 Å². The van der Waals surface area contributed by atoms with Crippen LogP contribution in [0.3, 0.4) is 0 Å². The van der Waals surface area contributed by atoms with Crippen LogP contribution >= 0.6 is 11.3 Å². The molecule has 0 radical (unpaired) electrons. The molecule has 0 aliphatic heterocycles. The van der Waals surface area contributed by atoms with Crippen molar-refractivity contribution >= 4 is 22.3 Å². The van der Waals surface area contributed by atoms with Gasteiger partial charge in [-0.2, -0.15) is 0 Å². The van der Waals surface area contributed by atoms with Gasteiger partial charge in [-0.05, 0) is 32.1 Å².